The number of amides is 1. The molecule has 0 fully saturated rings. The second-order valence-electron chi connectivity index (χ2n) is 5.45. The molecule has 1 aromatic rings. The topological polar surface area (TPSA) is 20.3 Å². The molecule has 1 aromatic carbocycles. The van der Waals surface area contributed by atoms with Gasteiger partial charge in [-0.1, -0.05) is 32.0 Å². The molecule has 106 valence electrons. The van der Waals surface area contributed by atoms with Gasteiger partial charge in [0.25, 0.3) is 0 Å². The molecule has 2 nitrogen and oxygen atoms in total. The van der Waals surface area contributed by atoms with Gasteiger partial charge in [0.15, 0.2) is 0 Å². The van der Waals surface area contributed by atoms with Gasteiger partial charge in [-0.05, 0) is 50.3 Å². The van der Waals surface area contributed by atoms with Crippen LogP contribution in [-0.4, -0.2) is 16.8 Å². The van der Waals surface area contributed by atoms with Gasteiger partial charge in [0, 0.05) is 19.0 Å². The maximum absolute atomic E-state index is 12.2. The minimum Gasteiger partial charge on any atom is -0.336 e. The molecular weight excluding hydrogens is 234 g/mol. The van der Waals surface area contributed by atoms with Crippen LogP contribution in [0.1, 0.15) is 56.7 Å². The Kier molecular flexibility index (Phi) is 6.07. The number of hydrogen-bond acceptors (Lipinski definition) is 1. The Morgan fingerprint density at radius 2 is 1.89 bits per heavy atom. The van der Waals surface area contributed by atoms with Gasteiger partial charge in [-0.15, -0.1) is 0 Å². The van der Waals surface area contributed by atoms with Crippen molar-refractivity contribution in [3.05, 3.63) is 34.9 Å². The highest BCUT2D eigenvalue weighted by molar-refractivity contribution is 5.76. The van der Waals surface area contributed by atoms with Gasteiger partial charge in [0.05, 0.1) is 0 Å². The first-order valence-corrected chi connectivity index (χ1v) is 7.35. The molecular formula is C17H27NO. The van der Waals surface area contributed by atoms with Crippen LogP contribution in [0.2, 0.25) is 0 Å². The second-order valence-corrected chi connectivity index (χ2v) is 5.45. The zero-order valence-electron chi connectivity index (χ0n) is 13.0. The van der Waals surface area contributed by atoms with Crippen molar-refractivity contribution in [2.24, 2.45) is 0 Å². The third-order valence-electron chi connectivity index (χ3n) is 3.83. The van der Waals surface area contributed by atoms with Crippen molar-refractivity contribution in [2.75, 3.05) is 0 Å². The predicted molar refractivity (Wildman–Crippen MR) is 81.1 cm³/mol. The zero-order valence-corrected chi connectivity index (χ0v) is 13.0. The largest absolute Gasteiger partial charge is 0.336 e. The molecule has 19 heavy (non-hydrogen) atoms. The Morgan fingerprint density at radius 3 is 2.42 bits per heavy atom. The third kappa shape index (κ3) is 4.38. The summed E-state index contributed by atoms with van der Waals surface area (Å²) in [6.07, 6.45) is 2.56. The molecule has 1 rings (SSSR count). The van der Waals surface area contributed by atoms with Crippen molar-refractivity contribution in [3.63, 3.8) is 0 Å². The summed E-state index contributed by atoms with van der Waals surface area (Å²) in [6.45, 7) is 11.3. The molecule has 0 radical (unpaired) electrons. The summed E-state index contributed by atoms with van der Waals surface area (Å²) in [7, 11) is 0. The van der Waals surface area contributed by atoms with E-state index in [1.54, 1.807) is 0 Å². The van der Waals surface area contributed by atoms with E-state index in [1.165, 1.54) is 16.7 Å². The fourth-order valence-corrected chi connectivity index (χ4v) is 2.17. The summed E-state index contributed by atoms with van der Waals surface area (Å²) in [5.74, 6) is 0.273. The van der Waals surface area contributed by atoms with Crippen LogP contribution in [0, 0.1) is 13.8 Å². The lowest BCUT2D eigenvalue weighted by molar-refractivity contribution is -0.134. The van der Waals surface area contributed by atoms with E-state index in [-0.39, 0.29) is 5.91 Å². The number of benzene rings is 1. The molecule has 1 unspecified atom stereocenters. The number of rotatable bonds is 6. The van der Waals surface area contributed by atoms with Gasteiger partial charge in [0.2, 0.25) is 5.91 Å². The van der Waals surface area contributed by atoms with Gasteiger partial charge in [-0.25, -0.2) is 0 Å². The van der Waals surface area contributed by atoms with Crippen LogP contribution in [0.15, 0.2) is 18.2 Å². The average Bonchev–Trinajstić information content (AvgIpc) is 2.39. The van der Waals surface area contributed by atoms with E-state index in [2.05, 4.69) is 52.8 Å². The summed E-state index contributed by atoms with van der Waals surface area (Å²) in [5, 5.41) is 0. The predicted octanol–water partition coefficient (Wildman–Crippen LogP) is 4.23. The van der Waals surface area contributed by atoms with Crippen LogP contribution >= 0.6 is 0 Å². The first-order chi connectivity index (χ1) is 8.99. The summed E-state index contributed by atoms with van der Waals surface area (Å²) >= 11 is 0. The summed E-state index contributed by atoms with van der Waals surface area (Å²) in [5.41, 5.74) is 3.83. The number of carbonyl (C=O) groups excluding carboxylic acids is 1. The summed E-state index contributed by atoms with van der Waals surface area (Å²) < 4.78 is 0. The van der Waals surface area contributed by atoms with Gasteiger partial charge in [0.1, 0.15) is 0 Å². The number of aryl methyl sites for hydroxylation is 2. The first kappa shape index (κ1) is 15.7. The molecule has 0 heterocycles. The Balaban J connectivity index is 2.87. The lowest BCUT2D eigenvalue weighted by Crippen LogP contribution is -2.37. The SMILES string of the molecule is CCCC(=O)N(Cc1ccc(C)c(C)c1)C(C)CC. The molecule has 2 heteroatoms. The number of carbonyl (C=O) groups is 1. The van der Waals surface area contributed by atoms with E-state index in [9.17, 15) is 4.79 Å². The van der Waals surface area contributed by atoms with Crippen LogP contribution in [0.4, 0.5) is 0 Å². The van der Waals surface area contributed by atoms with Crippen LogP contribution in [0.5, 0.6) is 0 Å². The van der Waals surface area contributed by atoms with Crippen molar-refractivity contribution in [3.8, 4) is 0 Å². The maximum atomic E-state index is 12.2. The molecule has 0 aliphatic rings. The van der Waals surface area contributed by atoms with Gasteiger partial charge in [-0.2, -0.15) is 0 Å². The molecule has 1 amide bonds. The van der Waals surface area contributed by atoms with E-state index in [0.29, 0.717) is 12.5 Å². The minimum absolute atomic E-state index is 0.273. The molecule has 0 spiro atoms. The maximum Gasteiger partial charge on any atom is 0.223 e. The number of hydrogen-bond donors (Lipinski definition) is 0. The lowest BCUT2D eigenvalue weighted by atomic mass is 10.0. The normalized spacial score (nSPS) is 12.3. The molecule has 0 N–H and O–H groups in total. The molecule has 0 aliphatic carbocycles. The summed E-state index contributed by atoms with van der Waals surface area (Å²) in [4.78, 5) is 14.2. The summed E-state index contributed by atoms with van der Waals surface area (Å²) in [6, 6.07) is 6.78. The van der Waals surface area contributed by atoms with E-state index in [1.807, 2.05) is 4.90 Å². The quantitative estimate of drug-likeness (QED) is 0.750. The Bertz CT molecular complexity index is 425. The fraction of sp³-hybridized carbons (Fsp3) is 0.588. The van der Waals surface area contributed by atoms with Crippen LogP contribution in [-0.2, 0) is 11.3 Å². The standard InChI is InChI=1S/C17H27NO/c1-6-8-17(19)18(15(5)7-2)12-16-10-9-13(3)14(4)11-16/h9-11,15H,6-8,12H2,1-5H3. The highest BCUT2D eigenvalue weighted by atomic mass is 16.2. The van der Waals surface area contributed by atoms with Crippen molar-refractivity contribution in [1.29, 1.82) is 0 Å². The fourth-order valence-electron chi connectivity index (χ4n) is 2.17. The molecule has 0 bridgehead atoms. The first-order valence-electron chi connectivity index (χ1n) is 7.35. The molecule has 0 aliphatic heterocycles. The highest BCUT2D eigenvalue weighted by Gasteiger charge is 2.18. The molecule has 0 saturated heterocycles. The van der Waals surface area contributed by atoms with Crippen LogP contribution in [0.25, 0.3) is 0 Å². The van der Waals surface area contributed by atoms with E-state index in [0.717, 1.165) is 19.4 Å². The van der Waals surface area contributed by atoms with E-state index >= 15 is 0 Å². The smallest absolute Gasteiger partial charge is 0.223 e. The van der Waals surface area contributed by atoms with E-state index in [4.69, 9.17) is 0 Å². The van der Waals surface area contributed by atoms with Crippen molar-refractivity contribution in [1.82, 2.24) is 4.90 Å². The molecule has 0 aromatic heterocycles. The van der Waals surface area contributed by atoms with Crippen molar-refractivity contribution < 1.29 is 4.79 Å². The van der Waals surface area contributed by atoms with E-state index < -0.39 is 0 Å². The third-order valence-corrected chi connectivity index (χ3v) is 3.83. The molecule has 1 atom stereocenters. The van der Waals surface area contributed by atoms with Crippen molar-refractivity contribution >= 4 is 5.91 Å². The minimum atomic E-state index is 0.273. The number of nitrogens with zero attached hydrogens (tertiary/aromatic N) is 1. The Morgan fingerprint density at radius 1 is 1.21 bits per heavy atom. The average molecular weight is 261 g/mol. The lowest BCUT2D eigenvalue weighted by Gasteiger charge is -2.29. The Labute approximate surface area is 117 Å². The van der Waals surface area contributed by atoms with Gasteiger partial charge in [-0.3, -0.25) is 4.79 Å². The highest BCUT2D eigenvalue weighted by Crippen LogP contribution is 2.16. The van der Waals surface area contributed by atoms with Crippen LogP contribution < -0.4 is 0 Å². The molecule has 0 saturated carbocycles. The monoisotopic (exact) mass is 261 g/mol. The van der Waals surface area contributed by atoms with Crippen LogP contribution in [0.3, 0.4) is 0 Å². The van der Waals surface area contributed by atoms with Crippen molar-refractivity contribution in [2.45, 2.75) is 66.5 Å². The van der Waals surface area contributed by atoms with Gasteiger partial charge < -0.3 is 4.90 Å². The zero-order chi connectivity index (χ0) is 14.4. The Hall–Kier alpha value is -1.31. The second kappa shape index (κ2) is 7.32. The van der Waals surface area contributed by atoms with Gasteiger partial charge >= 0.3 is 0 Å².